The minimum atomic E-state index is -4.45. The van der Waals surface area contributed by atoms with Gasteiger partial charge in [-0.3, -0.25) is 0 Å². The van der Waals surface area contributed by atoms with Crippen LogP contribution in [0.2, 0.25) is 0 Å². The van der Waals surface area contributed by atoms with Crippen molar-refractivity contribution < 1.29 is 22.7 Å². The molecule has 240 valence electrons. The van der Waals surface area contributed by atoms with E-state index in [0.717, 1.165) is 36.3 Å². The lowest BCUT2D eigenvalue weighted by Crippen LogP contribution is -3.12. The maximum Gasteiger partial charge on any atom is 0.434 e. The van der Waals surface area contributed by atoms with Crippen molar-refractivity contribution in [2.75, 3.05) is 25.5 Å². The fourth-order valence-corrected chi connectivity index (χ4v) is 11.3. The molecule has 3 N–H and O–H groups in total. The number of nitrogens with one attached hydrogen (secondary N) is 1. The number of rotatable bonds is 8. The summed E-state index contributed by atoms with van der Waals surface area (Å²) in [7, 11) is 1.58. The molecule has 3 aromatic rings. The van der Waals surface area contributed by atoms with Crippen LogP contribution in [0.5, 0.6) is 5.88 Å². The molecule has 11 rings (SSSR count). The fourth-order valence-electron chi connectivity index (χ4n) is 11.3. The van der Waals surface area contributed by atoms with Crippen molar-refractivity contribution in [2.24, 2.45) is 46.7 Å². The normalized spacial score (nSPS) is 35.2. The van der Waals surface area contributed by atoms with E-state index in [1.54, 1.807) is 16.6 Å². The van der Waals surface area contributed by atoms with Gasteiger partial charge in [-0.25, -0.2) is 29.7 Å². The predicted octanol–water partition coefficient (Wildman–Crippen LogP) is 4.15. The molecule has 8 aliphatic rings. The highest BCUT2D eigenvalue weighted by Crippen LogP contribution is 3.09. The number of anilines is 1. The van der Waals surface area contributed by atoms with Gasteiger partial charge in [0, 0.05) is 48.6 Å². The average Bonchev–Trinajstić information content (AvgIpc) is 3.78. The third kappa shape index (κ3) is 2.86. The number of hydrogen-bond donors (Lipinski definition) is 2. The number of carbonyl (C=O) groups excluding carboxylic acids is 1. The second-order valence-electron chi connectivity index (χ2n) is 14.8. The molecule has 4 heterocycles. The maximum atomic E-state index is 13.7. The molecule has 1 aliphatic heterocycles. The van der Waals surface area contributed by atoms with Gasteiger partial charge in [-0.15, -0.1) is 0 Å². The largest absolute Gasteiger partial charge is 0.480 e. The molecule has 46 heavy (non-hydrogen) atoms. The van der Waals surface area contributed by atoms with Crippen molar-refractivity contribution in [3.63, 3.8) is 0 Å². The fraction of sp³-hybridized carbons (Fsp3) is 0.625. The lowest BCUT2D eigenvalue weighted by Gasteiger charge is -3.11. The van der Waals surface area contributed by atoms with Crippen molar-refractivity contribution in [3.05, 3.63) is 41.0 Å². The molecule has 7 fully saturated rings. The highest BCUT2D eigenvalue weighted by atomic mass is 19.4. The number of ether oxygens (including phenoxy) is 1. The van der Waals surface area contributed by atoms with Gasteiger partial charge >= 0.3 is 12.2 Å². The van der Waals surface area contributed by atoms with E-state index in [4.69, 9.17) is 20.4 Å². The number of fused-ring (bicyclic) bond motifs is 1. The smallest absolute Gasteiger partial charge is 0.434 e. The Kier molecular flexibility index (Phi) is 4.90. The van der Waals surface area contributed by atoms with Gasteiger partial charge in [0.05, 0.1) is 25.0 Å². The summed E-state index contributed by atoms with van der Waals surface area (Å²) in [6.45, 7) is 5.39. The third-order valence-electron chi connectivity index (χ3n) is 13.0. The number of halogens is 3. The Morgan fingerprint density at radius 1 is 1.11 bits per heavy atom. The quantitative estimate of drug-likeness (QED) is 0.378. The number of nitrogens with two attached hydrogens (primary N) is 1. The molecule has 0 unspecified atom stereocenters. The van der Waals surface area contributed by atoms with Crippen molar-refractivity contribution in [1.82, 2.24) is 34.4 Å². The summed E-state index contributed by atoms with van der Waals surface area (Å²) in [6, 6.07) is -0.558. The monoisotopic (exact) mass is 633 g/mol. The van der Waals surface area contributed by atoms with Gasteiger partial charge in [0.1, 0.15) is 23.5 Å². The Morgan fingerprint density at radius 3 is 2.43 bits per heavy atom. The molecule has 0 spiro atoms. The lowest BCUT2D eigenvalue weighted by molar-refractivity contribution is -0.626. The van der Waals surface area contributed by atoms with Gasteiger partial charge in [-0.05, 0) is 67.6 Å². The molecule has 0 atom stereocenters. The van der Waals surface area contributed by atoms with Crippen molar-refractivity contribution in [2.45, 2.75) is 63.2 Å². The molecule has 2 amide bonds. The highest BCUT2D eigenvalue weighted by molar-refractivity contribution is 5.74. The van der Waals surface area contributed by atoms with E-state index in [1.807, 2.05) is 13.8 Å². The molecule has 0 aromatic carbocycles. The first-order valence-electron chi connectivity index (χ1n) is 16.3. The zero-order valence-corrected chi connectivity index (χ0v) is 25.7. The summed E-state index contributed by atoms with van der Waals surface area (Å²) in [5.41, 5.74) is 8.21. The van der Waals surface area contributed by atoms with Crippen LogP contribution in [0.3, 0.4) is 0 Å². The average molecular weight is 634 g/mol. The van der Waals surface area contributed by atoms with Crippen LogP contribution in [0.4, 0.5) is 23.8 Å². The first kappa shape index (κ1) is 27.2. The summed E-state index contributed by atoms with van der Waals surface area (Å²) in [6.07, 6.45) is 0.925. The topological polar surface area (TPSA) is 137 Å². The number of hydrogen-bond acceptors (Lipinski definition) is 8. The van der Waals surface area contributed by atoms with Crippen LogP contribution >= 0.6 is 0 Å². The third-order valence-corrected chi connectivity index (χ3v) is 13.0. The van der Waals surface area contributed by atoms with Gasteiger partial charge in [0.15, 0.2) is 11.5 Å². The number of alkyl halides is 3. The number of urea groups is 1. The minimum Gasteiger partial charge on any atom is -0.480 e. The summed E-state index contributed by atoms with van der Waals surface area (Å²) >= 11 is 0. The molecular formula is C32H34F3N9O2. The Balaban J connectivity index is 0.966. The van der Waals surface area contributed by atoms with Gasteiger partial charge in [-0.1, -0.05) is 0 Å². The van der Waals surface area contributed by atoms with E-state index in [1.165, 1.54) is 12.5 Å². The molecule has 3 aromatic heterocycles. The molecule has 0 saturated heterocycles. The van der Waals surface area contributed by atoms with E-state index < -0.39 is 17.9 Å². The van der Waals surface area contributed by atoms with Crippen LogP contribution in [0.1, 0.15) is 67.1 Å². The standard InChI is InChI=1S/C32H34F3N9O2/c1-12(2)44-9-16(32(33,34)35)41-28(44)31-21-18-22(31)20-23(31)19(21)30(18,20)10-37-25-14-8-43(29(36)45)7-6-15(14)40-26(42-25)17-24(13-4-5-13)38-11-39-27(17)46-3/h9,11-13,18-23H,4-8,10H2,1-3H3,(H2,36,45)(H,37,40,42). The first-order valence-corrected chi connectivity index (χ1v) is 16.3. The lowest BCUT2D eigenvalue weighted by atomic mass is 8.92. The first-order chi connectivity index (χ1) is 22.0. The second-order valence-corrected chi connectivity index (χ2v) is 14.8. The van der Waals surface area contributed by atoms with Gasteiger partial charge in [0.25, 0.3) is 0 Å². The number of primary amides is 1. The highest BCUT2D eigenvalue weighted by Gasteiger charge is 3.10. The van der Waals surface area contributed by atoms with E-state index in [9.17, 15) is 18.0 Å². The van der Waals surface area contributed by atoms with Crippen LogP contribution in [-0.4, -0.2) is 60.6 Å². The van der Waals surface area contributed by atoms with Crippen LogP contribution in [-0.2, 0) is 24.6 Å². The number of carbonyl (C=O) groups is 1. The van der Waals surface area contributed by atoms with Gasteiger partial charge < -0.3 is 25.3 Å². The zero-order chi connectivity index (χ0) is 31.7. The van der Waals surface area contributed by atoms with Crippen molar-refractivity contribution >= 4 is 11.8 Å². The molecule has 7 aliphatic carbocycles. The molecule has 0 radical (unpaired) electrons. The van der Waals surface area contributed by atoms with Crippen LogP contribution < -0.4 is 15.8 Å². The SMILES string of the molecule is COc1ncnc(C2CC2)c1-c1nc2c(c(NCC34C5C6C3C3C4C5C63c3nc(C(F)(F)F)cn3C(C)C)n1)CN(C(N)=O)CC2. The Bertz CT molecular complexity index is 1810. The van der Waals surface area contributed by atoms with Crippen LogP contribution in [0.25, 0.3) is 11.4 Å². The molecule has 14 heteroatoms. The minimum absolute atomic E-state index is 0.0815. The zero-order valence-electron chi connectivity index (χ0n) is 25.7. The molecule has 11 nitrogen and oxygen atoms in total. The Morgan fingerprint density at radius 2 is 1.83 bits per heavy atom. The van der Waals surface area contributed by atoms with Crippen molar-refractivity contribution in [1.29, 1.82) is 0 Å². The molecule has 0 bridgehead atoms. The molecular weight excluding hydrogens is 599 g/mol. The predicted molar refractivity (Wildman–Crippen MR) is 156 cm³/mol. The van der Waals surface area contributed by atoms with Crippen molar-refractivity contribution in [3.8, 4) is 17.3 Å². The number of aromatic nitrogens is 6. The maximum absolute atomic E-state index is 13.7. The van der Waals surface area contributed by atoms with Gasteiger partial charge in [-0.2, -0.15) is 13.2 Å². The van der Waals surface area contributed by atoms with Crippen LogP contribution in [0, 0.1) is 40.9 Å². The molecule has 7 saturated carbocycles. The van der Waals surface area contributed by atoms with Crippen LogP contribution in [0.15, 0.2) is 12.5 Å². The number of amides is 2. The van der Waals surface area contributed by atoms with E-state index in [0.29, 0.717) is 89.8 Å². The second kappa shape index (κ2) is 8.29. The van der Waals surface area contributed by atoms with Gasteiger partial charge in [0.2, 0.25) is 5.88 Å². The number of nitrogens with zero attached hydrogens (tertiary/aromatic N) is 7. The van der Waals surface area contributed by atoms with E-state index in [2.05, 4.69) is 20.3 Å². The Labute approximate surface area is 262 Å². The summed E-state index contributed by atoms with van der Waals surface area (Å²) in [5.74, 6) is 5.33. The number of imidazole rings is 1. The van der Waals surface area contributed by atoms with E-state index >= 15 is 0 Å². The van der Waals surface area contributed by atoms with E-state index in [-0.39, 0.29) is 16.9 Å². The summed E-state index contributed by atoms with van der Waals surface area (Å²) < 4.78 is 48.5. The summed E-state index contributed by atoms with van der Waals surface area (Å²) in [5, 5.41) is 3.71. The Hall–Kier alpha value is -3.97. The number of methoxy groups -OCH3 is 1. The summed E-state index contributed by atoms with van der Waals surface area (Å²) in [4.78, 5) is 37.0.